The molecule has 7 nitrogen and oxygen atoms in total. The molecule has 1 aliphatic heterocycles. The number of rotatable bonds is 3. The fourth-order valence-electron chi connectivity index (χ4n) is 1.48. The highest BCUT2D eigenvalue weighted by Gasteiger charge is 2.23. The molecule has 1 aliphatic rings. The average molecular weight is 278 g/mol. The molecule has 0 unspecified atom stereocenters. The molecule has 17 heavy (non-hydrogen) atoms. The zero-order valence-electron chi connectivity index (χ0n) is 8.61. The highest BCUT2D eigenvalue weighted by Crippen LogP contribution is 2.21. The van der Waals surface area contributed by atoms with Gasteiger partial charge in [0.05, 0.1) is 11.3 Å². The molecule has 0 saturated carbocycles. The Kier molecular flexibility index (Phi) is 3.39. The van der Waals surface area contributed by atoms with Gasteiger partial charge < -0.3 is 15.2 Å². The SMILES string of the molecule is O=[N+]([O-])C(Cn1cnc(Cl)c1Cl)=C1NCCN1. The van der Waals surface area contributed by atoms with Gasteiger partial charge in [0.1, 0.15) is 11.7 Å². The Morgan fingerprint density at radius 2 is 2.18 bits per heavy atom. The number of nitro groups is 1. The maximum Gasteiger partial charge on any atom is 0.305 e. The zero-order valence-corrected chi connectivity index (χ0v) is 10.1. The quantitative estimate of drug-likeness (QED) is 0.632. The van der Waals surface area contributed by atoms with Crippen LogP contribution in [0, 0.1) is 10.1 Å². The average Bonchev–Trinajstić information content (AvgIpc) is 2.89. The van der Waals surface area contributed by atoms with Crippen LogP contribution < -0.4 is 10.6 Å². The van der Waals surface area contributed by atoms with Crippen LogP contribution in [0.25, 0.3) is 0 Å². The van der Waals surface area contributed by atoms with Gasteiger partial charge in [0.15, 0.2) is 11.0 Å². The first-order chi connectivity index (χ1) is 8.09. The van der Waals surface area contributed by atoms with Crippen molar-refractivity contribution in [2.75, 3.05) is 13.1 Å². The number of nitrogens with one attached hydrogen (secondary N) is 2. The number of allylic oxidation sites excluding steroid dienone is 1. The summed E-state index contributed by atoms with van der Waals surface area (Å²) in [5, 5.41) is 17.1. The van der Waals surface area contributed by atoms with E-state index >= 15 is 0 Å². The molecule has 2 N–H and O–H groups in total. The summed E-state index contributed by atoms with van der Waals surface area (Å²) < 4.78 is 1.41. The minimum Gasteiger partial charge on any atom is -0.365 e. The molecule has 0 aromatic carbocycles. The zero-order chi connectivity index (χ0) is 12.4. The normalized spacial score (nSPS) is 14.4. The van der Waals surface area contributed by atoms with E-state index in [4.69, 9.17) is 23.2 Å². The van der Waals surface area contributed by atoms with Crippen LogP contribution in [0.5, 0.6) is 0 Å². The van der Waals surface area contributed by atoms with Gasteiger partial charge in [-0.2, -0.15) is 0 Å². The van der Waals surface area contributed by atoms with Crippen molar-refractivity contribution in [1.82, 2.24) is 20.2 Å². The van der Waals surface area contributed by atoms with E-state index in [0.29, 0.717) is 18.9 Å². The Labute approximate surface area is 107 Å². The molecule has 0 atom stereocenters. The third kappa shape index (κ3) is 2.45. The van der Waals surface area contributed by atoms with E-state index in [-0.39, 0.29) is 22.5 Å². The number of nitrogens with zero attached hydrogens (tertiary/aromatic N) is 3. The van der Waals surface area contributed by atoms with Gasteiger partial charge in [0.2, 0.25) is 0 Å². The smallest absolute Gasteiger partial charge is 0.305 e. The van der Waals surface area contributed by atoms with E-state index in [1.807, 2.05) is 0 Å². The van der Waals surface area contributed by atoms with Crippen molar-refractivity contribution in [2.45, 2.75) is 6.54 Å². The lowest BCUT2D eigenvalue weighted by molar-refractivity contribution is -0.430. The molecule has 1 aromatic rings. The van der Waals surface area contributed by atoms with Gasteiger partial charge in [-0.3, -0.25) is 10.1 Å². The maximum atomic E-state index is 11.0. The molecule has 0 spiro atoms. The van der Waals surface area contributed by atoms with E-state index in [1.54, 1.807) is 0 Å². The number of hydrogen-bond acceptors (Lipinski definition) is 5. The highest BCUT2D eigenvalue weighted by atomic mass is 35.5. The minimum absolute atomic E-state index is 0.000880. The maximum absolute atomic E-state index is 11.0. The molecule has 0 amide bonds. The van der Waals surface area contributed by atoms with Gasteiger partial charge in [0.25, 0.3) is 0 Å². The second-order valence-electron chi connectivity index (χ2n) is 3.39. The Balaban J connectivity index is 2.28. The predicted molar refractivity (Wildman–Crippen MR) is 62.3 cm³/mol. The lowest BCUT2D eigenvalue weighted by atomic mass is 10.4. The van der Waals surface area contributed by atoms with Crippen LogP contribution in [0.2, 0.25) is 10.3 Å². The first-order valence-electron chi connectivity index (χ1n) is 4.81. The Bertz CT molecular complexity index is 476. The molecular formula is C8H9Cl2N5O2. The predicted octanol–water partition coefficient (Wildman–Crippen LogP) is 0.828. The fraction of sp³-hybridized carbons (Fsp3) is 0.375. The fourth-order valence-corrected chi connectivity index (χ4v) is 1.79. The highest BCUT2D eigenvalue weighted by molar-refractivity contribution is 6.40. The molecule has 0 radical (unpaired) electrons. The van der Waals surface area contributed by atoms with E-state index in [2.05, 4.69) is 15.6 Å². The van der Waals surface area contributed by atoms with Crippen molar-refractivity contribution in [3.05, 3.63) is 38.3 Å². The minimum atomic E-state index is -0.453. The van der Waals surface area contributed by atoms with Crippen LogP contribution in [0.1, 0.15) is 0 Å². The third-order valence-corrected chi connectivity index (χ3v) is 3.06. The summed E-state index contributed by atoms with van der Waals surface area (Å²) in [5.74, 6) is 0.413. The standard InChI is InChI=1S/C8H9Cl2N5O2/c9-6-7(10)14(4-13-6)3-5(15(16)17)8-11-1-2-12-8/h4,11-12H,1-3H2. The summed E-state index contributed by atoms with van der Waals surface area (Å²) in [5.41, 5.74) is -0.00142. The monoisotopic (exact) mass is 277 g/mol. The summed E-state index contributed by atoms with van der Waals surface area (Å²) in [6, 6.07) is 0. The second kappa shape index (κ2) is 4.80. The Morgan fingerprint density at radius 1 is 1.53 bits per heavy atom. The van der Waals surface area contributed by atoms with Crippen LogP contribution in [0.4, 0.5) is 0 Å². The molecule has 9 heteroatoms. The van der Waals surface area contributed by atoms with Gasteiger partial charge in [-0.15, -0.1) is 0 Å². The van der Waals surface area contributed by atoms with E-state index < -0.39 is 4.92 Å². The number of aromatic nitrogens is 2. The largest absolute Gasteiger partial charge is 0.365 e. The van der Waals surface area contributed by atoms with Gasteiger partial charge in [-0.25, -0.2) is 4.98 Å². The molecule has 2 heterocycles. The molecule has 92 valence electrons. The van der Waals surface area contributed by atoms with Crippen LogP contribution in [0.15, 0.2) is 17.8 Å². The van der Waals surface area contributed by atoms with Gasteiger partial charge >= 0.3 is 5.70 Å². The molecule has 0 bridgehead atoms. The Morgan fingerprint density at radius 3 is 2.65 bits per heavy atom. The van der Waals surface area contributed by atoms with Crippen molar-refractivity contribution in [1.29, 1.82) is 0 Å². The summed E-state index contributed by atoms with van der Waals surface area (Å²) >= 11 is 11.5. The number of halogens is 2. The van der Waals surface area contributed by atoms with Crippen LogP contribution >= 0.6 is 23.2 Å². The summed E-state index contributed by atoms with van der Waals surface area (Å²) in [4.78, 5) is 14.3. The van der Waals surface area contributed by atoms with Crippen LogP contribution in [0.3, 0.4) is 0 Å². The topological polar surface area (TPSA) is 85.0 Å². The van der Waals surface area contributed by atoms with Gasteiger partial charge in [-0.1, -0.05) is 23.2 Å². The van der Waals surface area contributed by atoms with Crippen molar-refractivity contribution in [3.8, 4) is 0 Å². The van der Waals surface area contributed by atoms with E-state index in [1.165, 1.54) is 10.9 Å². The summed E-state index contributed by atoms with van der Waals surface area (Å²) in [6.07, 6.45) is 1.36. The second-order valence-corrected chi connectivity index (χ2v) is 4.10. The van der Waals surface area contributed by atoms with E-state index in [0.717, 1.165) is 0 Å². The van der Waals surface area contributed by atoms with Gasteiger partial charge in [0, 0.05) is 13.1 Å². The lowest BCUT2D eigenvalue weighted by Crippen LogP contribution is -2.21. The van der Waals surface area contributed by atoms with Crippen molar-refractivity contribution in [3.63, 3.8) is 0 Å². The third-order valence-electron chi connectivity index (χ3n) is 2.29. The number of hydrogen-bond donors (Lipinski definition) is 2. The van der Waals surface area contributed by atoms with Gasteiger partial charge in [-0.05, 0) is 0 Å². The summed E-state index contributed by atoms with van der Waals surface area (Å²) in [7, 11) is 0. The van der Waals surface area contributed by atoms with Crippen LogP contribution in [-0.4, -0.2) is 27.6 Å². The number of imidazole rings is 1. The first kappa shape index (κ1) is 12.0. The first-order valence-corrected chi connectivity index (χ1v) is 5.56. The lowest BCUT2D eigenvalue weighted by Gasteiger charge is -2.05. The molecule has 2 rings (SSSR count). The molecule has 1 aromatic heterocycles. The molecule has 1 fully saturated rings. The Hall–Kier alpha value is -1.47. The van der Waals surface area contributed by atoms with Crippen molar-refractivity contribution in [2.24, 2.45) is 0 Å². The van der Waals surface area contributed by atoms with Crippen LogP contribution in [-0.2, 0) is 6.54 Å². The molecule has 0 aliphatic carbocycles. The van der Waals surface area contributed by atoms with Crippen molar-refractivity contribution < 1.29 is 4.92 Å². The summed E-state index contributed by atoms with van der Waals surface area (Å²) in [6.45, 7) is 1.32. The molecular weight excluding hydrogens is 269 g/mol. The molecule has 1 saturated heterocycles. The van der Waals surface area contributed by atoms with E-state index in [9.17, 15) is 10.1 Å². The van der Waals surface area contributed by atoms with Crippen molar-refractivity contribution >= 4 is 23.2 Å².